The number of hydrogen-bond acceptors (Lipinski definition) is 3. The van der Waals surface area contributed by atoms with Crippen molar-refractivity contribution >= 4 is 0 Å². The van der Waals surface area contributed by atoms with E-state index in [1.165, 1.54) is 19.3 Å². The monoisotopic (exact) mass is 222 g/mol. The number of aromatic nitrogens is 3. The van der Waals surface area contributed by atoms with Crippen LogP contribution in [0.3, 0.4) is 0 Å². The minimum Gasteiger partial charge on any atom is -0.314 e. The van der Waals surface area contributed by atoms with Gasteiger partial charge in [0.05, 0.1) is 0 Å². The van der Waals surface area contributed by atoms with E-state index in [2.05, 4.69) is 34.3 Å². The predicted octanol–water partition coefficient (Wildman–Crippen LogP) is 1.76. The fourth-order valence-corrected chi connectivity index (χ4v) is 2.86. The van der Waals surface area contributed by atoms with E-state index in [-0.39, 0.29) is 0 Å². The van der Waals surface area contributed by atoms with Gasteiger partial charge in [0.1, 0.15) is 12.2 Å². The van der Waals surface area contributed by atoms with Gasteiger partial charge in [-0.05, 0) is 31.1 Å². The molecule has 0 aliphatic heterocycles. The molecule has 0 aromatic carbocycles. The van der Waals surface area contributed by atoms with Gasteiger partial charge in [-0.3, -0.25) is 5.10 Å². The lowest BCUT2D eigenvalue weighted by Gasteiger charge is -2.32. The second-order valence-corrected chi connectivity index (χ2v) is 5.25. The van der Waals surface area contributed by atoms with Gasteiger partial charge in [-0.1, -0.05) is 13.8 Å². The molecule has 90 valence electrons. The Morgan fingerprint density at radius 3 is 2.69 bits per heavy atom. The van der Waals surface area contributed by atoms with E-state index in [1.54, 1.807) is 6.33 Å². The summed E-state index contributed by atoms with van der Waals surface area (Å²) in [5.74, 6) is 2.71. The van der Waals surface area contributed by atoms with Crippen molar-refractivity contribution in [1.82, 2.24) is 20.5 Å². The molecule has 0 bridgehead atoms. The zero-order chi connectivity index (χ0) is 11.4. The summed E-state index contributed by atoms with van der Waals surface area (Å²) in [7, 11) is 0. The second-order valence-electron chi connectivity index (χ2n) is 5.25. The molecule has 0 amide bonds. The SMILES string of the molecule is CC1CC(C)CC(NCCc2ncn[nH]2)C1. The quantitative estimate of drug-likeness (QED) is 0.816. The van der Waals surface area contributed by atoms with Crippen LogP contribution in [0.25, 0.3) is 0 Å². The van der Waals surface area contributed by atoms with E-state index < -0.39 is 0 Å². The third kappa shape index (κ3) is 3.30. The Bertz CT molecular complexity index is 286. The smallest absolute Gasteiger partial charge is 0.137 e. The minimum atomic E-state index is 0.696. The Morgan fingerprint density at radius 1 is 1.31 bits per heavy atom. The molecule has 1 aliphatic rings. The highest BCUT2D eigenvalue weighted by atomic mass is 15.2. The number of H-pyrrole nitrogens is 1. The molecule has 16 heavy (non-hydrogen) atoms. The molecule has 1 saturated carbocycles. The maximum absolute atomic E-state index is 4.12. The van der Waals surface area contributed by atoms with Crippen LogP contribution in [-0.2, 0) is 6.42 Å². The molecular weight excluding hydrogens is 200 g/mol. The van der Waals surface area contributed by atoms with Crippen LogP contribution >= 0.6 is 0 Å². The van der Waals surface area contributed by atoms with Crippen LogP contribution in [-0.4, -0.2) is 27.8 Å². The summed E-state index contributed by atoms with van der Waals surface area (Å²) in [6, 6.07) is 0.696. The van der Waals surface area contributed by atoms with E-state index in [1.807, 2.05) is 0 Å². The number of nitrogens with one attached hydrogen (secondary N) is 2. The number of nitrogens with zero attached hydrogens (tertiary/aromatic N) is 2. The number of rotatable bonds is 4. The lowest BCUT2D eigenvalue weighted by Crippen LogP contribution is -2.37. The van der Waals surface area contributed by atoms with Crippen molar-refractivity contribution in [3.05, 3.63) is 12.2 Å². The van der Waals surface area contributed by atoms with Crippen molar-refractivity contribution in [3.63, 3.8) is 0 Å². The molecule has 1 heterocycles. The normalized spacial score (nSPS) is 30.5. The van der Waals surface area contributed by atoms with Gasteiger partial charge in [-0.15, -0.1) is 0 Å². The van der Waals surface area contributed by atoms with Crippen LogP contribution in [0.1, 0.15) is 38.9 Å². The van der Waals surface area contributed by atoms with Crippen LogP contribution < -0.4 is 5.32 Å². The molecule has 4 heteroatoms. The van der Waals surface area contributed by atoms with Crippen molar-refractivity contribution in [1.29, 1.82) is 0 Å². The van der Waals surface area contributed by atoms with Crippen LogP contribution in [0.15, 0.2) is 6.33 Å². The third-order valence-corrected chi connectivity index (χ3v) is 3.44. The van der Waals surface area contributed by atoms with Crippen molar-refractivity contribution in [3.8, 4) is 0 Å². The minimum absolute atomic E-state index is 0.696. The molecule has 0 saturated heterocycles. The second kappa shape index (κ2) is 5.43. The fraction of sp³-hybridized carbons (Fsp3) is 0.833. The van der Waals surface area contributed by atoms with Gasteiger partial charge < -0.3 is 5.32 Å². The fourth-order valence-electron chi connectivity index (χ4n) is 2.86. The molecule has 0 radical (unpaired) electrons. The highest BCUT2D eigenvalue weighted by Crippen LogP contribution is 2.28. The summed E-state index contributed by atoms with van der Waals surface area (Å²) in [5, 5.41) is 10.4. The molecule has 1 aromatic rings. The summed E-state index contributed by atoms with van der Waals surface area (Å²) in [4.78, 5) is 4.12. The summed E-state index contributed by atoms with van der Waals surface area (Å²) in [6.07, 6.45) is 6.54. The molecule has 2 N–H and O–H groups in total. The van der Waals surface area contributed by atoms with E-state index in [4.69, 9.17) is 0 Å². The van der Waals surface area contributed by atoms with E-state index in [0.717, 1.165) is 30.6 Å². The molecule has 2 unspecified atom stereocenters. The van der Waals surface area contributed by atoms with Gasteiger partial charge in [0, 0.05) is 19.0 Å². The first kappa shape index (κ1) is 11.6. The van der Waals surface area contributed by atoms with Gasteiger partial charge in [0.25, 0.3) is 0 Å². The van der Waals surface area contributed by atoms with Gasteiger partial charge in [0.15, 0.2) is 0 Å². The van der Waals surface area contributed by atoms with Gasteiger partial charge >= 0.3 is 0 Å². The largest absolute Gasteiger partial charge is 0.314 e. The molecular formula is C12H22N4. The lowest BCUT2D eigenvalue weighted by molar-refractivity contribution is 0.240. The summed E-state index contributed by atoms with van der Waals surface area (Å²) in [6.45, 7) is 5.72. The Morgan fingerprint density at radius 2 is 2.06 bits per heavy atom. The van der Waals surface area contributed by atoms with Gasteiger partial charge in [-0.2, -0.15) is 5.10 Å². The van der Waals surface area contributed by atoms with Gasteiger partial charge in [0.2, 0.25) is 0 Å². The Kier molecular flexibility index (Phi) is 3.93. The Balaban J connectivity index is 1.69. The van der Waals surface area contributed by atoms with Crippen LogP contribution in [0.2, 0.25) is 0 Å². The molecule has 1 aromatic heterocycles. The Hall–Kier alpha value is -0.900. The van der Waals surface area contributed by atoms with Crippen molar-refractivity contribution in [2.45, 2.75) is 45.6 Å². The van der Waals surface area contributed by atoms with Crippen LogP contribution in [0.5, 0.6) is 0 Å². The van der Waals surface area contributed by atoms with Crippen molar-refractivity contribution in [2.24, 2.45) is 11.8 Å². The topological polar surface area (TPSA) is 53.6 Å². The maximum Gasteiger partial charge on any atom is 0.137 e. The zero-order valence-corrected chi connectivity index (χ0v) is 10.2. The molecule has 1 fully saturated rings. The lowest BCUT2D eigenvalue weighted by atomic mass is 9.80. The third-order valence-electron chi connectivity index (χ3n) is 3.44. The number of hydrogen-bond donors (Lipinski definition) is 2. The summed E-state index contributed by atoms with van der Waals surface area (Å²) < 4.78 is 0. The predicted molar refractivity (Wildman–Crippen MR) is 64.1 cm³/mol. The van der Waals surface area contributed by atoms with E-state index >= 15 is 0 Å². The highest BCUT2D eigenvalue weighted by molar-refractivity contribution is 4.84. The first-order valence-electron chi connectivity index (χ1n) is 6.31. The molecule has 1 aliphatic carbocycles. The molecule has 0 spiro atoms. The zero-order valence-electron chi connectivity index (χ0n) is 10.2. The summed E-state index contributed by atoms with van der Waals surface area (Å²) in [5.41, 5.74) is 0. The van der Waals surface area contributed by atoms with E-state index in [9.17, 15) is 0 Å². The maximum atomic E-state index is 4.12. The summed E-state index contributed by atoms with van der Waals surface area (Å²) >= 11 is 0. The average Bonchev–Trinajstić information content (AvgIpc) is 2.69. The first-order chi connectivity index (χ1) is 7.74. The average molecular weight is 222 g/mol. The first-order valence-corrected chi connectivity index (χ1v) is 6.31. The van der Waals surface area contributed by atoms with Gasteiger partial charge in [-0.25, -0.2) is 4.98 Å². The van der Waals surface area contributed by atoms with Crippen molar-refractivity contribution in [2.75, 3.05) is 6.54 Å². The van der Waals surface area contributed by atoms with Crippen LogP contribution in [0, 0.1) is 11.8 Å². The number of aromatic amines is 1. The molecule has 4 nitrogen and oxygen atoms in total. The molecule has 2 rings (SSSR count). The Labute approximate surface area is 97.2 Å². The van der Waals surface area contributed by atoms with Crippen LogP contribution in [0.4, 0.5) is 0 Å². The molecule has 2 atom stereocenters. The van der Waals surface area contributed by atoms with E-state index in [0.29, 0.717) is 6.04 Å². The highest BCUT2D eigenvalue weighted by Gasteiger charge is 2.23. The van der Waals surface area contributed by atoms with Crippen molar-refractivity contribution < 1.29 is 0 Å². The standard InChI is InChI=1S/C12H22N4/c1-9-5-10(2)7-11(6-9)13-4-3-12-14-8-15-16-12/h8-11,13H,3-7H2,1-2H3,(H,14,15,16).